The van der Waals surface area contributed by atoms with E-state index in [2.05, 4.69) is 64.6 Å². The molecule has 0 aromatic heterocycles. The summed E-state index contributed by atoms with van der Waals surface area (Å²) < 4.78 is 1.02. The molecule has 0 aliphatic carbocycles. The number of nitrogens with one attached hydrogen (secondary N) is 1. The second-order valence-corrected chi connectivity index (χ2v) is 6.34. The van der Waals surface area contributed by atoms with E-state index in [1.165, 1.54) is 5.56 Å². The third-order valence-corrected chi connectivity index (χ3v) is 4.30. The van der Waals surface area contributed by atoms with Crippen LogP contribution in [0.5, 0.6) is 0 Å². The Balaban J connectivity index is 1.76. The zero-order valence-corrected chi connectivity index (χ0v) is 13.9. The molecule has 106 valence electrons. The fraction of sp³-hybridized carbons (Fsp3) is 0.294. The van der Waals surface area contributed by atoms with Gasteiger partial charge in [0.25, 0.3) is 0 Å². The lowest BCUT2D eigenvalue weighted by molar-refractivity contribution is 0.594. The van der Waals surface area contributed by atoms with Crippen LogP contribution < -0.4 is 5.32 Å². The van der Waals surface area contributed by atoms with Gasteiger partial charge in [-0.25, -0.2) is 0 Å². The van der Waals surface area contributed by atoms with E-state index in [0.717, 1.165) is 34.6 Å². The second kappa shape index (κ2) is 7.82. The SMILES string of the molecule is CC(CCNCc1ccc(Br)cc1Cl)c1ccccc1. The summed E-state index contributed by atoms with van der Waals surface area (Å²) >= 11 is 9.62. The van der Waals surface area contributed by atoms with Gasteiger partial charge in [0.15, 0.2) is 0 Å². The Hall–Kier alpha value is -0.830. The highest BCUT2D eigenvalue weighted by molar-refractivity contribution is 9.10. The van der Waals surface area contributed by atoms with Gasteiger partial charge in [0, 0.05) is 16.0 Å². The van der Waals surface area contributed by atoms with Crippen molar-refractivity contribution < 1.29 is 0 Å². The Labute approximate surface area is 134 Å². The van der Waals surface area contributed by atoms with Crippen molar-refractivity contribution in [1.29, 1.82) is 0 Å². The quantitative estimate of drug-likeness (QED) is 0.688. The molecule has 3 heteroatoms. The molecule has 0 heterocycles. The third kappa shape index (κ3) is 4.62. The van der Waals surface area contributed by atoms with E-state index in [1.807, 2.05) is 12.1 Å². The molecule has 0 aliphatic rings. The fourth-order valence-corrected chi connectivity index (χ4v) is 2.90. The van der Waals surface area contributed by atoms with E-state index in [9.17, 15) is 0 Å². The molecule has 0 saturated heterocycles. The number of rotatable bonds is 6. The minimum absolute atomic E-state index is 0.573. The molecular weight excluding hydrogens is 334 g/mol. The summed E-state index contributed by atoms with van der Waals surface area (Å²) in [5, 5.41) is 4.27. The van der Waals surface area contributed by atoms with Gasteiger partial charge in [-0.05, 0) is 42.1 Å². The molecule has 2 aromatic carbocycles. The Morgan fingerprint density at radius 1 is 1.15 bits per heavy atom. The molecule has 1 nitrogen and oxygen atoms in total. The fourth-order valence-electron chi connectivity index (χ4n) is 2.15. The zero-order valence-electron chi connectivity index (χ0n) is 11.6. The summed E-state index contributed by atoms with van der Waals surface area (Å²) in [5.74, 6) is 0.573. The molecule has 1 atom stereocenters. The van der Waals surface area contributed by atoms with Gasteiger partial charge in [0.05, 0.1) is 0 Å². The molecule has 0 saturated carbocycles. The number of hydrogen-bond donors (Lipinski definition) is 1. The summed E-state index contributed by atoms with van der Waals surface area (Å²) in [6.45, 7) is 4.07. The van der Waals surface area contributed by atoms with Crippen molar-refractivity contribution in [3.8, 4) is 0 Å². The van der Waals surface area contributed by atoms with E-state index in [1.54, 1.807) is 0 Å². The van der Waals surface area contributed by atoms with Crippen molar-refractivity contribution in [1.82, 2.24) is 5.32 Å². The molecule has 2 rings (SSSR count). The summed E-state index contributed by atoms with van der Waals surface area (Å²) in [6.07, 6.45) is 1.12. The molecule has 20 heavy (non-hydrogen) atoms. The average molecular weight is 353 g/mol. The van der Waals surface area contributed by atoms with Gasteiger partial charge in [-0.1, -0.05) is 70.9 Å². The van der Waals surface area contributed by atoms with E-state index >= 15 is 0 Å². The van der Waals surface area contributed by atoms with Crippen molar-refractivity contribution in [2.45, 2.75) is 25.8 Å². The van der Waals surface area contributed by atoms with Crippen LogP contribution in [0, 0.1) is 0 Å². The second-order valence-electron chi connectivity index (χ2n) is 5.01. The lowest BCUT2D eigenvalue weighted by Gasteiger charge is -2.13. The van der Waals surface area contributed by atoms with Crippen LogP contribution in [0.1, 0.15) is 30.4 Å². The van der Waals surface area contributed by atoms with E-state index in [0.29, 0.717) is 5.92 Å². The summed E-state index contributed by atoms with van der Waals surface area (Å²) in [7, 11) is 0. The van der Waals surface area contributed by atoms with Crippen molar-refractivity contribution in [3.05, 3.63) is 69.2 Å². The number of hydrogen-bond acceptors (Lipinski definition) is 1. The molecule has 0 amide bonds. The number of benzene rings is 2. The first-order chi connectivity index (χ1) is 9.66. The van der Waals surface area contributed by atoms with Crippen molar-refractivity contribution >= 4 is 27.5 Å². The standard InChI is InChI=1S/C17H19BrClN/c1-13(14-5-3-2-4-6-14)9-10-20-12-15-7-8-16(18)11-17(15)19/h2-8,11,13,20H,9-10,12H2,1H3. The maximum atomic E-state index is 6.20. The highest BCUT2D eigenvalue weighted by atomic mass is 79.9. The zero-order chi connectivity index (χ0) is 14.4. The van der Waals surface area contributed by atoms with Crippen molar-refractivity contribution in [2.24, 2.45) is 0 Å². The molecule has 1 unspecified atom stereocenters. The lowest BCUT2D eigenvalue weighted by atomic mass is 9.98. The van der Waals surface area contributed by atoms with Gasteiger partial charge in [0.2, 0.25) is 0 Å². The predicted molar refractivity (Wildman–Crippen MR) is 90.3 cm³/mol. The van der Waals surface area contributed by atoms with Crippen molar-refractivity contribution in [3.63, 3.8) is 0 Å². The molecule has 0 spiro atoms. The van der Waals surface area contributed by atoms with E-state index < -0.39 is 0 Å². The monoisotopic (exact) mass is 351 g/mol. The molecular formula is C17H19BrClN. The molecule has 2 aromatic rings. The van der Waals surface area contributed by atoms with Crippen LogP contribution in [0.2, 0.25) is 5.02 Å². The molecule has 0 radical (unpaired) electrons. The van der Waals surface area contributed by atoms with Crippen LogP contribution in [0.15, 0.2) is 53.0 Å². The van der Waals surface area contributed by atoms with Crippen LogP contribution in [0.3, 0.4) is 0 Å². The Morgan fingerprint density at radius 3 is 2.60 bits per heavy atom. The van der Waals surface area contributed by atoms with Gasteiger partial charge in [-0.3, -0.25) is 0 Å². The van der Waals surface area contributed by atoms with Gasteiger partial charge >= 0.3 is 0 Å². The largest absolute Gasteiger partial charge is 0.313 e. The van der Waals surface area contributed by atoms with Gasteiger partial charge in [0.1, 0.15) is 0 Å². The van der Waals surface area contributed by atoms with Gasteiger partial charge in [-0.15, -0.1) is 0 Å². The molecule has 0 bridgehead atoms. The third-order valence-electron chi connectivity index (χ3n) is 3.45. The lowest BCUT2D eigenvalue weighted by Crippen LogP contribution is -2.16. The van der Waals surface area contributed by atoms with Gasteiger partial charge in [-0.2, -0.15) is 0 Å². The normalized spacial score (nSPS) is 12.3. The van der Waals surface area contributed by atoms with Crippen molar-refractivity contribution in [2.75, 3.05) is 6.54 Å². The first kappa shape index (κ1) is 15.6. The van der Waals surface area contributed by atoms with Crippen LogP contribution in [0.4, 0.5) is 0 Å². The first-order valence-electron chi connectivity index (χ1n) is 6.86. The average Bonchev–Trinajstić information content (AvgIpc) is 2.46. The smallest absolute Gasteiger partial charge is 0.0462 e. The van der Waals surface area contributed by atoms with Crippen LogP contribution in [0.25, 0.3) is 0 Å². The Bertz CT molecular complexity index is 542. The minimum Gasteiger partial charge on any atom is -0.313 e. The van der Waals surface area contributed by atoms with E-state index in [4.69, 9.17) is 11.6 Å². The predicted octanol–water partition coefficient (Wildman–Crippen LogP) is 5.39. The highest BCUT2D eigenvalue weighted by Gasteiger charge is 2.05. The molecule has 1 N–H and O–H groups in total. The Morgan fingerprint density at radius 2 is 1.90 bits per heavy atom. The van der Waals surface area contributed by atoms with Crippen LogP contribution >= 0.6 is 27.5 Å². The first-order valence-corrected chi connectivity index (χ1v) is 8.03. The summed E-state index contributed by atoms with van der Waals surface area (Å²) in [4.78, 5) is 0. The molecule has 0 fully saturated rings. The van der Waals surface area contributed by atoms with Crippen LogP contribution in [-0.4, -0.2) is 6.54 Å². The number of halogens is 2. The van der Waals surface area contributed by atoms with E-state index in [-0.39, 0.29) is 0 Å². The topological polar surface area (TPSA) is 12.0 Å². The summed E-state index contributed by atoms with van der Waals surface area (Å²) in [5.41, 5.74) is 2.54. The summed E-state index contributed by atoms with van der Waals surface area (Å²) in [6, 6.07) is 16.7. The minimum atomic E-state index is 0.573. The highest BCUT2D eigenvalue weighted by Crippen LogP contribution is 2.21. The molecule has 0 aliphatic heterocycles. The van der Waals surface area contributed by atoms with Crippen LogP contribution in [-0.2, 0) is 6.54 Å². The Kier molecular flexibility index (Phi) is 6.08. The maximum absolute atomic E-state index is 6.20. The maximum Gasteiger partial charge on any atom is 0.0462 e. The van der Waals surface area contributed by atoms with Gasteiger partial charge < -0.3 is 5.32 Å².